The van der Waals surface area contributed by atoms with Crippen LogP contribution in [-0.2, 0) is 17.6 Å². The number of aryl methyl sites for hydroxylation is 1. The van der Waals surface area contributed by atoms with E-state index in [1.807, 2.05) is 24.4 Å². The van der Waals surface area contributed by atoms with Gasteiger partial charge < -0.3 is 4.90 Å². The van der Waals surface area contributed by atoms with Gasteiger partial charge in [0.2, 0.25) is 5.91 Å². The molecule has 0 aliphatic carbocycles. The van der Waals surface area contributed by atoms with Crippen molar-refractivity contribution in [3.8, 4) is 11.4 Å². The Kier molecular flexibility index (Phi) is 4.58. The minimum absolute atomic E-state index is 0.0780. The number of carbonyl (C=O) groups excluding carboxylic acids is 1. The maximum absolute atomic E-state index is 13.2. The van der Waals surface area contributed by atoms with Crippen molar-refractivity contribution in [1.29, 1.82) is 0 Å². The Morgan fingerprint density at radius 2 is 1.86 bits per heavy atom. The lowest BCUT2D eigenvalue weighted by atomic mass is 9.98. The van der Waals surface area contributed by atoms with Crippen molar-refractivity contribution < 1.29 is 9.18 Å². The number of rotatable bonds is 4. The summed E-state index contributed by atoms with van der Waals surface area (Å²) in [4.78, 5) is 24.4. The van der Waals surface area contributed by atoms with E-state index in [1.165, 1.54) is 17.7 Å². The average Bonchev–Trinajstić information content (AvgIpc) is 3.08. The molecule has 0 radical (unpaired) electrons. The molecule has 1 saturated heterocycles. The fraction of sp³-hybridized carbons (Fsp3) is 0.292. The highest BCUT2D eigenvalue weighted by molar-refractivity contribution is 5.78. The van der Waals surface area contributed by atoms with Crippen molar-refractivity contribution >= 4 is 5.91 Å². The number of amides is 1. The third-order valence-electron chi connectivity index (χ3n) is 6.05. The zero-order valence-electron chi connectivity index (χ0n) is 16.1. The van der Waals surface area contributed by atoms with E-state index in [1.54, 1.807) is 12.1 Å². The van der Waals surface area contributed by atoms with Crippen LogP contribution in [0.1, 0.15) is 42.1 Å². The van der Waals surface area contributed by atoms with E-state index in [0.717, 1.165) is 42.5 Å². The van der Waals surface area contributed by atoms with E-state index >= 15 is 0 Å². The quantitative estimate of drug-likeness (QED) is 0.662. The summed E-state index contributed by atoms with van der Waals surface area (Å²) in [6.45, 7) is 0. The first-order chi connectivity index (χ1) is 14.2. The van der Waals surface area contributed by atoms with Crippen LogP contribution in [0.2, 0.25) is 0 Å². The number of nitrogens with zero attached hydrogens (tertiary/aromatic N) is 3. The molecule has 3 heterocycles. The lowest BCUT2D eigenvalue weighted by Gasteiger charge is -2.36. The first kappa shape index (κ1) is 18.0. The molecule has 0 unspecified atom stereocenters. The summed E-state index contributed by atoms with van der Waals surface area (Å²) in [5.74, 6) is 0.566. The van der Waals surface area contributed by atoms with Crippen LogP contribution in [0.15, 0.2) is 60.8 Å². The molecule has 4 nitrogen and oxygen atoms in total. The van der Waals surface area contributed by atoms with Crippen LogP contribution in [0.5, 0.6) is 0 Å². The van der Waals surface area contributed by atoms with Gasteiger partial charge in [-0.05, 0) is 49.1 Å². The van der Waals surface area contributed by atoms with E-state index in [4.69, 9.17) is 4.98 Å². The molecule has 1 aromatic heterocycles. The molecule has 1 fully saturated rings. The van der Waals surface area contributed by atoms with Gasteiger partial charge in [0.05, 0.1) is 11.7 Å². The second-order valence-electron chi connectivity index (χ2n) is 7.84. The molecular weight excluding hydrogens is 365 g/mol. The van der Waals surface area contributed by atoms with E-state index in [9.17, 15) is 9.18 Å². The Bertz CT molecular complexity index is 1040. The van der Waals surface area contributed by atoms with Gasteiger partial charge in [0.25, 0.3) is 0 Å². The standard InChI is InChI=1S/C24H22FN3O/c25-18-9-7-17(8-10-18)24-26-15-20-21(27-24)14-19-11-12-22(20)28(19)23(29)13-6-16-4-2-1-3-5-16/h1-5,7-10,15,19,22H,6,11-14H2/t19-,22+/m0/s1. The smallest absolute Gasteiger partial charge is 0.223 e. The van der Waals surface area contributed by atoms with Crippen molar-refractivity contribution in [3.05, 3.63) is 83.4 Å². The number of aromatic nitrogens is 2. The molecule has 2 bridgehead atoms. The van der Waals surface area contributed by atoms with Crippen LogP contribution < -0.4 is 0 Å². The minimum atomic E-state index is -0.269. The molecule has 0 spiro atoms. The Balaban J connectivity index is 1.36. The number of hydrogen-bond acceptors (Lipinski definition) is 3. The largest absolute Gasteiger partial charge is 0.332 e. The van der Waals surface area contributed by atoms with Gasteiger partial charge >= 0.3 is 0 Å². The Labute approximate surface area is 169 Å². The molecule has 2 aliphatic heterocycles. The monoisotopic (exact) mass is 387 g/mol. The predicted molar refractivity (Wildman–Crippen MR) is 109 cm³/mol. The summed E-state index contributed by atoms with van der Waals surface area (Å²) >= 11 is 0. The number of fused-ring (bicyclic) bond motifs is 4. The van der Waals surface area contributed by atoms with Gasteiger partial charge in [0.15, 0.2) is 5.82 Å². The molecule has 0 saturated carbocycles. The summed E-state index contributed by atoms with van der Waals surface area (Å²) in [6, 6.07) is 16.7. The van der Waals surface area contributed by atoms with Crippen molar-refractivity contribution in [2.24, 2.45) is 0 Å². The third kappa shape index (κ3) is 3.41. The number of halogens is 1. The summed E-state index contributed by atoms with van der Waals surface area (Å²) in [5, 5.41) is 0. The number of hydrogen-bond donors (Lipinski definition) is 0. The molecule has 2 aromatic carbocycles. The maximum Gasteiger partial charge on any atom is 0.223 e. The van der Waals surface area contributed by atoms with Gasteiger partial charge in [-0.1, -0.05) is 30.3 Å². The molecule has 3 aromatic rings. The summed E-state index contributed by atoms with van der Waals surface area (Å²) in [7, 11) is 0. The van der Waals surface area contributed by atoms with Crippen LogP contribution in [-0.4, -0.2) is 26.8 Å². The Morgan fingerprint density at radius 3 is 2.66 bits per heavy atom. The van der Waals surface area contributed by atoms with Crippen molar-refractivity contribution in [2.75, 3.05) is 0 Å². The van der Waals surface area contributed by atoms with Gasteiger partial charge in [-0.3, -0.25) is 4.79 Å². The lowest BCUT2D eigenvalue weighted by Crippen LogP contribution is -2.42. The Morgan fingerprint density at radius 1 is 1.07 bits per heavy atom. The van der Waals surface area contributed by atoms with Crippen LogP contribution in [0.4, 0.5) is 4.39 Å². The van der Waals surface area contributed by atoms with Gasteiger partial charge in [-0.2, -0.15) is 0 Å². The molecule has 2 atom stereocenters. The van der Waals surface area contributed by atoms with Gasteiger partial charge in [0, 0.05) is 36.2 Å². The van der Waals surface area contributed by atoms with Crippen LogP contribution in [0.25, 0.3) is 11.4 Å². The summed E-state index contributed by atoms with van der Waals surface area (Å²) in [6.07, 6.45) is 5.89. The molecule has 146 valence electrons. The molecule has 29 heavy (non-hydrogen) atoms. The summed E-state index contributed by atoms with van der Waals surface area (Å²) < 4.78 is 13.2. The van der Waals surface area contributed by atoms with Crippen LogP contribution in [0, 0.1) is 5.82 Å². The van der Waals surface area contributed by atoms with Gasteiger partial charge in [0.1, 0.15) is 5.82 Å². The highest BCUT2D eigenvalue weighted by atomic mass is 19.1. The number of benzene rings is 2. The highest BCUT2D eigenvalue weighted by Crippen LogP contribution is 2.43. The molecule has 1 amide bonds. The summed E-state index contributed by atoms with van der Waals surface area (Å²) in [5.41, 5.74) is 4.09. The van der Waals surface area contributed by atoms with E-state index in [-0.39, 0.29) is 23.8 Å². The maximum atomic E-state index is 13.2. The highest BCUT2D eigenvalue weighted by Gasteiger charge is 2.43. The average molecular weight is 387 g/mol. The van der Waals surface area contributed by atoms with Crippen molar-refractivity contribution in [2.45, 2.75) is 44.2 Å². The van der Waals surface area contributed by atoms with Crippen LogP contribution in [0.3, 0.4) is 0 Å². The molecule has 0 N–H and O–H groups in total. The first-order valence-corrected chi connectivity index (χ1v) is 10.2. The predicted octanol–water partition coefficient (Wildman–Crippen LogP) is 4.50. The van der Waals surface area contributed by atoms with Gasteiger partial charge in [-0.25, -0.2) is 14.4 Å². The number of carbonyl (C=O) groups is 1. The minimum Gasteiger partial charge on any atom is -0.332 e. The molecule has 2 aliphatic rings. The third-order valence-corrected chi connectivity index (χ3v) is 6.05. The SMILES string of the molecule is O=C(CCc1ccccc1)N1[C@H]2CC[C@@H]1c1cnc(-c3ccc(F)cc3)nc1C2. The fourth-order valence-electron chi connectivity index (χ4n) is 4.62. The molecule has 5 heteroatoms. The molecular formula is C24H22FN3O. The first-order valence-electron chi connectivity index (χ1n) is 10.2. The second kappa shape index (κ2) is 7.39. The van der Waals surface area contributed by atoms with Gasteiger partial charge in [-0.15, -0.1) is 0 Å². The zero-order valence-corrected chi connectivity index (χ0v) is 16.1. The normalized spacial score (nSPS) is 19.8. The van der Waals surface area contributed by atoms with Crippen molar-refractivity contribution in [3.63, 3.8) is 0 Å². The zero-order chi connectivity index (χ0) is 19.8. The Hall–Kier alpha value is -3.08. The van der Waals surface area contributed by atoms with E-state index < -0.39 is 0 Å². The molecule has 5 rings (SSSR count). The van der Waals surface area contributed by atoms with Crippen molar-refractivity contribution in [1.82, 2.24) is 14.9 Å². The van der Waals surface area contributed by atoms with Crippen LogP contribution >= 0.6 is 0 Å². The fourth-order valence-corrected chi connectivity index (χ4v) is 4.62. The van der Waals surface area contributed by atoms with E-state index in [0.29, 0.717) is 12.2 Å². The second-order valence-corrected chi connectivity index (χ2v) is 7.84. The lowest BCUT2D eigenvalue weighted by molar-refractivity contribution is -0.134. The topological polar surface area (TPSA) is 46.1 Å². The van der Waals surface area contributed by atoms with E-state index in [2.05, 4.69) is 22.0 Å².